The summed E-state index contributed by atoms with van der Waals surface area (Å²) in [7, 11) is 0. The minimum Gasteiger partial charge on any atom is -0.322 e. The number of amides is 1. The van der Waals surface area contributed by atoms with Gasteiger partial charge in [-0.3, -0.25) is 9.69 Å². The van der Waals surface area contributed by atoms with Crippen molar-refractivity contribution in [3.05, 3.63) is 101 Å². The van der Waals surface area contributed by atoms with Crippen LogP contribution in [0.4, 0.5) is 5.69 Å². The molecule has 1 fully saturated rings. The van der Waals surface area contributed by atoms with E-state index in [4.69, 9.17) is 11.6 Å². The molecule has 35 heavy (non-hydrogen) atoms. The quantitative estimate of drug-likeness (QED) is 0.311. The van der Waals surface area contributed by atoms with Crippen molar-refractivity contribution in [3.63, 3.8) is 0 Å². The molecule has 178 valence electrons. The van der Waals surface area contributed by atoms with E-state index in [0.717, 1.165) is 28.7 Å². The Morgan fingerprint density at radius 1 is 0.829 bits per heavy atom. The van der Waals surface area contributed by atoms with Crippen molar-refractivity contribution in [3.8, 4) is 11.1 Å². The largest absolute Gasteiger partial charge is 0.322 e. The number of hydrogen-bond donors (Lipinski definition) is 1. The van der Waals surface area contributed by atoms with Gasteiger partial charge in [0.1, 0.15) is 0 Å². The molecule has 1 saturated heterocycles. The Morgan fingerprint density at radius 2 is 1.43 bits per heavy atom. The van der Waals surface area contributed by atoms with Crippen LogP contribution in [0.1, 0.15) is 49.0 Å². The summed E-state index contributed by atoms with van der Waals surface area (Å²) in [5.41, 5.74) is 4.89. The second-order valence-electron chi connectivity index (χ2n) is 9.74. The van der Waals surface area contributed by atoms with Gasteiger partial charge in [0.25, 0.3) is 5.91 Å². The van der Waals surface area contributed by atoms with Crippen LogP contribution in [-0.4, -0.2) is 22.9 Å². The normalized spacial score (nSPS) is 18.5. The Balaban J connectivity index is 1.27. The number of piperidine rings is 1. The summed E-state index contributed by atoms with van der Waals surface area (Å²) in [6.45, 7) is 5.68. The van der Waals surface area contributed by atoms with Crippen molar-refractivity contribution in [2.24, 2.45) is 0 Å². The average molecular weight is 483 g/mol. The zero-order valence-corrected chi connectivity index (χ0v) is 21.1. The number of halogens is 1. The first-order chi connectivity index (χ1) is 17.0. The topological polar surface area (TPSA) is 32.3 Å². The number of anilines is 1. The molecule has 1 amide bonds. The number of nitrogens with zero attached hydrogens (tertiary/aromatic N) is 1. The molecule has 3 nitrogen and oxygen atoms in total. The molecule has 0 bridgehead atoms. The SMILES string of the molecule is CC1CCC[C@H](C)N1Cc1ccc2cc(NC(=O)c3ccc(-c4ccc(Cl)cc4)cc3)ccc2c1. The molecule has 0 aliphatic carbocycles. The van der Waals surface area contributed by atoms with Gasteiger partial charge < -0.3 is 5.32 Å². The third-order valence-corrected chi connectivity index (χ3v) is 7.48. The fraction of sp³-hybridized carbons (Fsp3) is 0.258. The fourth-order valence-electron chi connectivity index (χ4n) is 5.13. The van der Waals surface area contributed by atoms with E-state index in [9.17, 15) is 4.79 Å². The van der Waals surface area contributed by atoms with Crippen molar-refractivity contribution in [2.45, 2.75) is 51.7 Å². The fourth-order valence-corrected chi connectivity index (χ4v) is 5.25. The maximum atomic E-state index is 12.8. The predicted octanol–water partition coefficient (Wildman–Crippen LogP) is 8.18. The van der Waals surface area contributed by atoms with E-state index < -0.39 is 0 Å². The zero-order chi connectivity index (χ0) is 24.4. The Kier molecular flexibility index (Phi) is 6.90. The molecule has 1 aliphatic rings. The first-order valence-electron chi connectivity index (χ1n) is 12.4. The first-order valence-corrected chi connectivity index (χ1v) is 12.8. The molecule has 4 aromatic carbocycles. The molecule has 0 spiro atoms. The van der Waals surface area contributed by atoms with E-state index >= 15 is 0 Å². The Bertz CT molecular complexity index is 1320. The molecule has 1 unspecified atom stereocenters. The molecule has 5 rings (SSSR count). The number of nitrogens with one attached hydrogen (secondary N) is 1. The van der Waals surface area contributed by atoms with E-state index in [0.29, 0.717) is 22.7 Å². The lowest BCUT2D eigenvalue weighted by molar-refractivity contribution is 0.0953. The van der Waals surface area contributed by atoms with Crippen LogP contribution in [0.3, 0.4) is 0 Å². The number of benzene rings is 4. The van der Waals surface area contributed by atoms with Crippen LogP contribution >= 0.6 is 11.6 Å². The van der Waals surface area contributed by atoms with Crippen LogP contribution < -0.4 is 5.32 Å². The van der Waals surface area contributed by atoms with Gasteiger partial charge in [-0.2, -0.15) is 0 Å². The Labute approximate surface area is 212 Å². The molecule has 0 radical (unpaired) electrons. The van der Waals surface area contributed by atoms with Gasteiger partial charge in [-0.1, -0.05) is 60.5 Å². The number of fused-ring (bicyclic) bond motifs is 1. The summed E-state index contributed by atoms with van der Waals surface area (Å²) < 4.78 is 0. The number of rotatable bonds is 5. The highest BCUT2D eigenvalue weighted by molar-refractivity contribution is 6.30. The Morgan fingerprint density at radius 3 is 2.11 bits per heavy atom. The number of carbonyl (C=O) groups is 1. The molecular weight excluding hydrogens is 452 g/mol. The van der Waals surface area contributed by atoms with E-state index in [1.54, 1.807) is 0 Å². The molecule has 4 heteroatoms. The second kappa shape index (κ2) is 10.2. The summed E-state index contributed by atoms with van der Waals surface area (Å²) in [5.74, 6) is -0.114. The van der Waals surface area contributed by atoms with Gasteiger partial charge in [0.15, 0.2) is 0 Å². The molecular formula is C31H31ClN2O. The summed E-state index contributed by atoms with van der Waals surface area (Å²) >= 11 is 5.98. The molecule has 1 heterocycles. The van der Waals surface area contributed by atoms with Gasteiger partial charge in [-0.05, 0) is 96.6 Å². The highest BCUT2D eigenvalue weighted by Crippen LogP contribution is 2.27. The molecule has 2 atom stereocenters. The lowest BCUT2D eigenvalue weighted by atomic mass is 9.96. The predicted molar refractivity (Wildman–Crippen MR) is 147 cm³/mol. The minimum atomic E-state index is -0.114. The van der Waals surface area contributed by atoms with E-state index in [-0.39, 0.29) is 5.91 Å². The monoisotopic (exact) mass is 482 g/mol. The third-order valence-electron chi connectivity index (χ3n) is 7.23. The summed E-state index contributed by atoms with van der Waals surface area (Å²) in [4.78, 5) is 15.5. The van der Waals surface area contributed by atoms with Crippen molar-refractivity contribution >= 4 is 34.0 Å². The van der Waals surface area contributed by atoms with E-state index in [2.05, 4.69) is 48.3 Å². The number of hydrogen-bond acceptors (Lipinski definition) is 2. The lowest BCUT2D eigenvalue weighted by Crippen LogP contribution is -2.42. The van der Waals surface area contributed by atoms with Crippen LogP contribution in [0.5, 0.6) is 0 Å². The maximum absolute atomic E-state index is 12.8. The smallest absolute Gasteiger partial charge is 0.255 e. The van der Waals surface area contributed by atoms with Crippen molar-refractivity contribution in [1.29, 1.82) is 0 Å². The first kappa shape index (κ1) is 23.6. The van der Waals surface area contributed by atoms with Crippen LogP contribution in [0, 0.1) is 0 Å². The van der Waals surface area contributed by atoms with Crippen molar-refractivity contribution < 1.29 is 4.79 Å². The molecule has 4 aromatic rings. The van der Waals surface area contributed by atoms with Crippen molar-refractivity contribution in [1.82, 2.24) is 4.90 Å². The summed E-state index contributed by atoms with van der Waals surface area (Å²) in [6.07, 6.45) is 3.90. The van der Waals surface area contributed by atoms with Crippen LogP contribution in [-0.2, 0) is 6.54 Å². The van der Waals surface area contributed by atoms with E-state index in [1.807, 2.05) is 60.7 Å². The van der Waals surface area contributed by atoms with Gasteiger partial charge >= 0.3 is 0 Å². The summed E-state index contributed by atoms with van der Waals surface area (Å²) in [6, 6.07) is 29.4. The summed E-state index contributed by atoms with van der Waals surface area (Å²) in [5, 5.41) is 6.08. The molecule has 0 saturated carbocycles. The molecule has 1 aliphatic heterocycles. The van der Waals surface area contributed by atoms with E-state index in [1.165, 1.54) is 30.2 Å². The number of likely N-dealkylation sites (tertiary alicyclic amines) is 1. The zero-order valence-electron chi connectivity index (χ0n) is 20.3. The highest BCUT2D eigenvalue weighted by Gasteiger charge is 2.24. The lowest BCUT2D eigenvalue weighted by Gasteiger charge is -2.39. The van der Waals surface area contributed by atoms with Crippen LogP contribution in [0.15, 0.2) is 84.9 Å². The average Bonchev–Trinajstić information content (AvgIpc) is 2.87. The van der Waals surface area contributed by atoms with Gasteiger partial charge in [0, 0.05) is 34.9 Å². The molecule has 0 aromatic heterocycles. The van der Waals surface area contributed by atoms with Gasteiger partial charge in [0.05, 0.1) is 0 Å². The second-order valence-corrected chi connectivity index (χ2v) is 10.2. The van der Waals surface area contributed by atoms with Gasteiger partial charge in [0.2, 0.25) is 0 Å². The van der Waals surface area contributed by atoms with Crippen molar-refractivity contribution in [2.75, 3.05) is 5.32 Å². The van der Waals surface area contributed by atoms with Gasteiger partial charge in [-0.25, -0.2) is 0 Å². The highest BCUT2D eigenvalue weighted by atomic mass is 35.5. The molecule has 1 N–H and O–H groups in total. The number of carbonyl (C=O) groups excluding carboxylic acids is 1. The Hall–Kier alpha value is -3.14. The third kappa shape index (κ3) is 5.42. The standard InChI is InChI=1S/C31H31ClN2O/c1-21-4-3-5-22(2)34(21)20-23-6-7-28-19-30(17-14-27(28)18-23)33-31(35)26-10-8-24(9-11-26)25-12-15-29(32)16-13-25/h6-19,21-22H,3-5,20H2,1-2H3,(H,33,35)/t21-,22?/m0/s1. The minimum absolute atomic E-state index is 0.114. The van der Waals surface area contributed by atoms with Gasteiger partial charge in [-0.15, -0.1) is 0 Å². The maximum Gasteiger partial charge on any atom is 0.255 e. The van der Waals surface area contributed by atoms with Crippen LogP contribution in [0.2, 0.25) is 5.02 Å². The van der Waals surface area contributed by atoms with Crippen LogP contribution in [0.25, 0.3) is 21.9 Å².